The molecule has 0 aliphatic heterocycles. The molecule has 1 amide bonds. The monoisotopic (exact) mass is 254 g/mol. The van der Waals surface area contributed by atoms with E-state index in [2.05, 4.69) is 0 Å². The van der Waals surface area contributed by atoms with Gasteiger partial charge >= 0.3 is 0 Å². The van der Waals surface area contributed by atoms with Gasteiger partial charge in [0.15, 0.2) is 11.5 Å². The first kappa shape index (κ1) is 13.2. The largest absolute Gasteiger partial charge is 0.504 e. The molecular formula is C11H14N2O3S. The van der Waals surface area contributed by atoms with Crippen molar-refractivity contribution >= 4 is 23.1 Å². The highest BCUT2D eigenvalue weighted by Gasteiger charge is 2.19. The molecule has 0 unspecified atom stereocenters. The summed E-state index contributed by atoms with van der Waals surface area (Å²) < 4.78 is 0. The van der Waals surface area contributed by atoms with E-state index >= 15 is 0 Å². The van der Waals surface area contributed by atoms with Crippen molar-refractivity contribution in [2.75, 3.05) is 13.1 Å². The number of nitrogens with zero attached hydrogens (tertiary/aromatic N) is 1. The van der Waals surface area contributed by atoms with Crippen LogP contribution in [0, 0.1) is 0 Å². The Morgan fingerprint density at radius 3 is 2.65 bits per heavy atom. The number of likely N-dealkylation sites (N-methyl/N-ethyl adjacent to an activating group) is 1. The van der Waals surface area contributed by atoms with E-state index in [1.165, 1.54) is 23.1 Å². The van der Waals surface area contributed by atoms with Crippen LogP contribution in [-0.2, 0) is 0 Å². The van der Waals surface area contributed by atoms with E-state index in [0.717, 1.165) is 0 Å². The van der Waals surface area contributed by atoms with Crippen LogP contribution in [0.4, 0.5) is 0 Å². The predicted molar refractivity (Wildman–Crippen MR) is 68.1 cm³/mol. The number of para-hydroxylation sites is 1. The van der Waals surface area contributed by atoms with E-state index in [1.807, 2.05) is 0 Å². The van der Waals surface area contributed by atoms with Crippen molar-refractivity contribution < 1.29 is 15.0 Å². The number of amides is 1. The number of hydrogen-bond acceptors (Lipinski definition) is 4. The number of benzene rings is 1. The van der Waals surface area contributed by atoms with E-state index in [9.17, 15) is 15.0 Å². The molecule has 1 aromatic rings. The van der Waals surface area contributed by atoms with Crippen LogP contribution in [0.15, 0.2) is 18.2 Å². The molecule has 0 radical (unpaired) electrons. The summed E-state index contributed by atoms with van der Waals surface area (Å²) in [5, 5.41) is 18.9. The smallest absolute Gasteiger partial charge is 0.258 e. The summed E-state index contributed by atoms with van der Waals surface area (Å²) in [7, 11) is 0. The third-order valence-electron chi connectivity index (χ3n) is 2.26. The predicted octanol–water partition coefficient (Wildman–Crippen LogP) is 0.846. The standard InChI is InChI=1S/C11H14N2O3S/c1-2-13(6-9(12)17)11(16)7-4-3-5-8(14)10(7)15/h3-5,14-15H,2,6H2,1H3,(H2,12,17). The Morgan fingerprint density at radius 1 is 1.47 bits per heavy atom. The fraction of sp³-hybridized carbons (Fsp3) is 0.273. The SMILES string of the molecule is CCN(CC(N)=S)C(=O)c1cccc(O)c1O. The van der Waals surface area contributed by atoms with Crippen LogP contribution >= 0.6 is 12.2 Å². The van der Waals surface area contributed by atoms with Crippen molar-refractivity contribution in [3.8, 4) is 11.5 Å². The highest BCUT2D eigenvalue weighted by molar-refractivity contribution is 7.80. The van der Waals surface area contributed by atoms with Gasteiger partial charge in [-0.25, -0.2) is 0 Å². The van der Waals surface area contributed by atoms with Crippen LogP contribution in [0.5, 0.6) is 11.5 Å². The number of carbonyl (C=O) groups excluding carboxylic acids is 1. The van der Waals surface area contributed by atoms with Gasteiger partial charge in [-0.2, -0.15) is 0 Å². The fourth-order valence-electron chi connectivity index (χ4n) is 1.39. The summed E-state index contributed by atoms with van der Waals surface area (Å²) in [6.07, 6.45) is 0. The molecular weight excluding hydrogens is 240 g/mol. The Morgan fingerprint density at radius 2 is 2.12 bits per heavy atom. The fourth-order valence-corrected chi connectivity index (χ4v) is 1.55. The van der Waals surface area contributed by atoms with Gasteiger partial charge < -0.3 is 20.8 Å². The van der Waals surface area contributed by atoms with Crippen LogP contribution in [0.2, 0.25) is 0 Å². The van der Waals surface area contributed by atoms with Gasteiger partial charge in [0, 0.05) is 6.54 Å². The second kappa shape index (κ2) is 5.49. The zero-order valence-corrected chi connectivity index (χ0v) is 10.2. The van der Waals surface area contributed by atoms with E-state index < -0.39 is 11.7 Å². The first-order chi connectivity index (χ1) is 7.97. The second-order valence-electron chi connectivity index (χ2n) is 3.46. The molecule has 4 N–H and O–H groups in total. The average Bonchev–Trinajstić information content (AvgIpc) is 2.28. The van der Waals surface area contributed by atoms with E-state index in [4.69, 9.17) is 18.0 Å². The molecule has 0 bridgehead atoms. The van der Waals surface area contributed by atoms with Gasteiger partial charge in [0.25, 0.3) is 5.91 Å². The molecule has 0 aromatic heterocycles. The molecule has 0 aliphatic carbocycles. The van der Waals surface area contributed by atoms with Crippen molar-refractivity contribution in [3.05, 3.63) is 23.8 Å². The maximum Gasteiger partial charge on any atom is 0.258 e. The van der Waals surface area contributed by atoms with Crippen molar-refractivity contribution in [3.63, 3.8) is 0 Å². The molecule has 1 rings (SSSR count). The first-order valence-electron chi connectivity index (χ1n) is 5.05. The molecule has 0 spiro atoms. The average molecular weight is 254 g/mol. The number of thiocarbonyl (C=S) groups is 1. The van der Waals surface area contributed by atoms with Crippen molar-refractivity contribution in [2.45, 2.75) is 6.92 Å². The summed E-state index contributed by atoms with van der Waals surface area (Å²) in [6, 6.07) is 4.21. The Labute approximate surface area is 104 Å². The third-order valence-corrected chi connectivity index (χ3v) is 2.39. The molecule has 0 saturated carbocycles. The maximum absolute atomic E-state index is 12.0. The Hall–Kier alpha value is -1.82. The minimum absolute atomic E-state index is 0.0306. The zero-order valence-electron chi connectivity index (χ0n) is 9.38. The van der Waals surface area contributed by atoms with Gasteiger partial charge in [-0.05, 0) is 19.1 Å². The number of hydrogen-bond donors (Lipinski definition) is 3. The highest BCUT2D eigenvalue weighted by Crippen LogP contribution is 2.28. The number of aromatic hydroxyl groups is 2. The van der Waals surface area contributed by atoms with Crippen LogP contribution in [0.3, 0.4) is 0 Å². The second-order valence-corrected chi connectivity index (χ2v) is 3.98. The number of phenols is 2. The summed E-state index contributed by atoms with van der Waals surface area (Å²) in [6.45, 7) is 2.32. The molecule has 0 heterocycles. The summed E-state index contributed by atoms with van der Waals surface area (Å²) >= 11 is 4.74. The van der Waals surface area contributed by atoms with Crippen LogP contribution in [-0.4, -0.2) is 39.1 Å². The van der Waals surface area contributed by atoms with Gasteiger partial charge in [-0.15, -0.1) is 0 Å². The molecule has 6 heteroatoms. The lowest BCUT2D eigenvalue weighted by Crippen LogP contribution is -2.37. The molecule has 0 saturated heterocycles. The summed E-state index contributed by atoms with van der Waals surface area (Å²) in [5.74, 6) is -1.19. The Kier molecular flexibility index (Phi) is 4.28. The molecule has 5 nitrogen and oxygen atoms in total. The van der Waals surface area contributed by atoms with Gasteiger partial charge in [0.1, 0.15) is 0 Å². The van der Waals surface area contributed by atoms with E-state index in [-0.39, 0.29) is 22.8 Å². The summed E-state index contributed by atoms with van der Waals surface area (Å²) in [4.78, 5) is 13.6. The third kappa shape index (κ3) is 3.07. The van der Waals surface area contributed by atoms with Crippen molar-refractivity contribution in [2.24, 2.45) is 5.73 Å². The van der Waals surface area contributed by atoms with Crippen molar-refractivity contribution in [1.82, 2.24) is 4.90 Å². The molecule has 17 heavy (non-hydrogen) atoms. The quantitative estimate of drug-likeness (QED) is 0.547. The molecule has 0 atom stereocenters. The highest BCUT2D eigenvalue weighted by atomic mass is 32.1. The van der Waals surface area contributed by atoms with Crippen LogP contribution in [0.25, 0.3) is 0 Å². The minimum atomic E-state index is -0.432. The Balaban J connectivity index is 3.02. The molecule has 92 valence electrons. The van der Waals surface area contributed by atoms with E-state index in [1.54, 1.807) is 6.92 Å². The number of phenolic OH excluding ortho intramolecular Hbond substituents is 2. The van der Waals surface area contributed by atoms with Gasteiger partial charge in [-0.1, -0.05) is 18.3 Å². The van der Waals surface area contributed by atoms with Gasteiger partial charge in [-0.3, -0.25) is 4.79 Å². The van der Waals surface area contributed by atoms with Crippen LogP contribution < -0.4 is 5.73 Å². The lowest BCUT2D eigenvalue weighted by atomic mass is 10.1. The van der Waals surface area contributed by atoms with Crippen LogP contribution in [0.1, 0.15) is 17.3 Å². The topological polar surface area (TPSA) is 86.8 Å². The normalized spacial score (nSPS) is 9.94. The number of carbonyl (C=O) groups is 1. The van der Waals surface area contributed by atoms with Gasteiger partial charge in [0.2, 0.25) is 0 Å². The number of nitrogens with two attached hydrogens (primary N) is 1. The lowest BCUT2D eigenvalue weighted by molar-refractivity contribution is 0.0784. The molecule has 0 fully saturated rings. The zero-order chi connectivity index (χ0) is 13.0. The van der Waals surface area contributed by atoms with Gasteiger partial charge in [0.05, 0.1) is 17.1 Å². The molecule has 0 aliphatic rings. The lowest BCUT2D eigenvalue weighted by Gasteiger charge is -2.20. The summed E-state index contributed by atoms with van der Waals surface area (Å²) in [5.41, 5.74) is 5.41. The minimum Gasteiger partial charge on any atom is -0.504 e. The number of rotatable bonds is 4. The Bertz CT molecular complexity index is 448. The first-order valence-corrected chi connectivity index (χ1v) is 5.46. The molecule has 1 aromatic carbocycles. The maximum atomic E-state index is 12.0. The van der Waals surface area contributed by atoms with Crippen molar-refractivity contribution in [1.29, 1.82) is 0 Å². The van der Waals surface area contributed by atoms with E-state index in [0.29, 0.717) is 6.54 Å².